The van der Waals surface area contributed by atoms with E-state index >= 15 is 0 Å². The highest BCUT2D eigenvalue weighted by Gasteiger charge is 2.07. The van der Waals surface area contributed by atoms with Gasteiger partial charge in [0.25, 0.3) is 0 Å². The van der Waals surface area contributed by atoms with Gasteiger partial charge in [0.05, 0.1) is 16.7 Å². The predicted molar refractivity (Wildman–Crippen MR) is 65.0 cm³/mol. The van der Waals surface area contributed by atoms with Crippen molar-refractivity contribution in [1.82, 2.24) is 14.8 Å². The zero-order valence-corrected chi connectivity index (χ0v) is 10.9. The number of aromatic nitrogens is 3. The zero-order valence-electron chi connectivity index (χ0n) is 8.49. The molecule has 0 aromatic carbocycles. The van der Waals surface area contributed by atoms with Gasteiger partial charge in [-0.1, -0.05) is 0 Å². The van der Waals surface area contributed by atoms with Crippen LogP contribution in [0.5, 0.6) is 0 Å². The van der Waals surface area contributed by atoms with E-state index in [0.717, 1.165) is 15.2 Å². The Morgan fingerprint density at radius 1 is 1.53 bits per heavy atom. The minimum atomic E-state index is 0.514. The number of aryl methyl sites for hydroxylation is 2. The molecule has 2 aromatic rings. The molecule has 4 nitrogen and oxygen atoms in total. The molecule has 0 fully saturated rings. The highest BCUT2D eigenvalue weighted by atomic mass is 79.9. The lowest BCUT2D eigenvalue weighted by atomic mass is 10.4. The van der Waals surface area contributed by atoms with E-state index < -0.39 is 0 Å². The molecular weight excluding hydrogens is 276 g/mol. The zero-order chi connectivity index (χ0) is 11.0. The molecule has 0 aliphatic carbocycles. The van der Waals surface area contributed by atoms with Gasteiger partial charge in [-0.15, -0.1) is 11.3 Å². The molecule has 2 rings (SSSR count). The van der Waals surface area contributed by atoms with Gasteiger partial charge in [0, 0.05) is 11.1 Å². The molecule has 2 heterocycles. The first-order chi connectivity index (χ1) is 7.06. The van der Waals surface area contributed by atoms with Crippen LogP contribution in [0.15, 0.2) is 10.7 Å². The van der Waals surface area contributed by atoms with E-state index in [1.165, 1.54) is 4.88 Å². The number of rotatable bonds is 2. The molecule has 0 bridgehead atoms. The van der Waals surface area contributed by atoms with Crippen LogP contribution in [0.25, 0.3) is 0 Å². The van der Waals surface area contributed by atoms with Crippen LogP contribution in [0, 0.1) is 13.8 Å². The fourth-order valence-corrected chi connectivity index (χ4v) is 2.48. The molecule has 0 saturated heterocycles. The molecule has 0 aliphatic rings. The first kappa shape index (κ1) is 10.6. The predicted octanol–water partition coefficient (Wildman–Crippen LogP) is 2.35. The molecule has 2 N–H and O–H groups in total. The Hall–Kier alpha value is -0.880. The summed E-state index contributed by atoms with van der Waals surface area (Å²) in [6, 6.07) is 0. The number of anilines is 1. The third-order valence-electron chi connectivity index (χ3n) is 2.11. The van der Waals surface area contributed by atoms with Crippen molar-refractivity contribution in [2.75, 3.05) is 5.73 Å². The minimum Gasteiger partial charge on any atom is -0.381 e. The molecule has 0 atom stereocenters. The molecule has 0 aliphatic heterocycles. The Kier molecular flexibility index (Phi) is 2.79. The molecule has 15 heavy (non-hydrogen) atoms. The van der Waals surface area contributed by atoms with Gasteiger partial charge in [0.15, 0.2) is 5.82 Å². The number of hydrogen-bond donors (Lipinski definition) is 1. The number of hydrogen-bond acceptors (Lipinski definition) is 4. The summed E-state index contributed by atoms with van der Waals surface area (Å²) in [5.41, 5.74) is 6.73. The minimum absolute atomic E-state index is 0.514. The van der Waals surface area contributed by atoms with Crippen molar-refractivity contribution in [3.05, 3.63) is 26.2 Å². The van der Waals surface area contributed by atoms with Crippen LogP contribution < -0.4 is 5.73 Å². The molecular formula is C9H11BrN4S. The van der Waals surface area contributed by atoms with Gasteiger partial charge in [-0.3, -0.25) is 4.68 Å². The summed E-state index contributed by atoms with van der Waals surface area (Å²) in [6.45, 7) is 4.77. The lowest BCUT2D eigenvalue weighted by molar-refractivity contribution is 0.685. The van der Waals surface area contributed by atoms with Crippen LogP contribution >= 0.6 is 27.3 Å². The summed E-state index contributed by atoms with van der Waals surface area (Å²) in [5.74, 6) is 0.514. The molecule has 0 radical (unpaired) electrons. The van der Waals surface area contributed by atoms with Crippen molar-refractivity contribution in [3.63, 3.8) is 0 Å². The third kappa shape index (κ3) is 2.21. The van der Waals surface area contributed by atoms with Crippen molar-refractivity contribution < 1.29 is 0 Å². The standard InChI is InChI=1S/C9H11BrN4S/c1-5-6(2)15-8(12-5)4-14-3-7(10)9(11)13-14/h3H,4H2,1-2H3,(H2,11,13). The second-order valence-electron chi connectivity index (χ2n) is 3.31. The average Bonchev–Trinajstić information content (AvgIpc) is 2.59. The maximum atomic E-state index is 5.63. The van der Waals surface area contributed by atoms with Crippen LogP contribution in [0.3, 0.4) is 0 Å². The monoisotopic (exact) mass is 286 g/mol. The number of nitrogen functional groups attached to an aromatic ring is 1. The summed E-state index contributed by atoms with van der Waals surface area (Å²) >= 11 is 5.02. The largest absolute Gasteiger partial charge is 0.381 e. The second kappa shape index (κ2) is 3.94. The highest BCUT2D eigenvalue weighted by molar-refractivity contribution is 9.10. The Labute approximate surface area is 100 Å². The van der Waals surface area contributed by atoms with Gasteiger partial charge in [0.2, 0.25) is 0 Å². The Morgan fingerprint density at radius 3 is 2.73 bits per heavy atom. The molecule has 0 spiro atoms. The van der Waals surface area contributed by atoms with Gasteiger partial charge < -0.3 is 5.73 Å². The fourth-order valence-electron chi connectivity index (χ4n) is 1.24. The molecule has 0 amide bonds. The lowest BCUT2D eigenvalue weighted by Gasteiger charge is -1.95. The van der Waals surface area contributed by atoms with Crippen LogP contribution in [-0.2, 0) is 6.54 Å². The van der Waals surface area contributed by atoms with E-state index in [0.29, 0.717) is 12.4 Å². The van der Waals surface area contributed by atoms with E-state index in [2.05, 4.69) is 32.9 Å². The highest BCUT2D eigenvalue weighted by Crippen LogP contribution is 2.20. The second-order valence-corrected chi connectivity index (χ2v) is 5.45. The number of halogens is 1. The van der Waals surface area contributed by atoms with Crippen molar-refractivity contribution in [2.45, 2.75) is 20.4 Å². The first-order valence-electron chi connectivity index (χ1n) is 4.47. The quantitative estimate of drug-likeness (QED) is 0.922. The molecule has 2 aromatic heterocycles. The van der Waals surface area contributed by atoms with E-state index in [4.69, 9.17) is 5.73 Å². The van der Waals surface area contributed by atoms with Gasteiger partial charge in [-0.2, -0.15) is 5.10 Å². The van der Waals surface area contributed by atoms with E-state index in [1.807, 2.05) is 13.1 Å². The molecule has 0 unspecified atom stereocenters. The summed E-state index contributed by atoms with van der Waals surface area (Å²) in [5, 5.41) is 5.21. The van der Waals surface area contributed by atoms with Crippen molar-refractivity contribution >= 4 is 33.1 Å². The van der Waals surface area contributed by atoms with Gasteiger partial charge in [0.1, 0.15) is 5.01 Å². The Morgan fingerprint density at radius 2 is 2.27 bits per heavy atom. The van der Waals surface area contributed by atoms with Gasteiger partial charge in [-0.25, -0.2) is 4.98 Å². The smallest absolute Gasteiger partial charge is 0.159 e. The Bertz CT molecular complexity index is 405. The van der Waals surface area contributed by atoms with Gasteiger partial charge in [-0.05, 0) is 29.8 Å². The van der Waals surface area contributed by atoms with E-state index in [-0.39, 0.29) is 0 Å². The van der Waals surface area contributed by atoms with Crippen LogP contribution in [0.1, 0.15) is 15.6 Å². The van der Waals surface area contributed by atoms with Crippen LogP contribution in [0.2, 0.25) is 0 Å². The summed E-state index contributed by atoms with van der Waals surface area (Å²) in [4.78, 5) is 5.70. The topological polar surface area (TPSA) is 56.7 Å². The number of nitrogens with zero attached hydrogens (tertiary/aromatic N) is 3. The maximum Gasteiger partial charge on any atom is 0.159 e. The van der Waals surface area contributed by atoms with Crippen LogP contribution in [0.4, 0.5) is 5.82 Å². The maximum absolute atomic E-state index is 5.63. The normalized spacial score (nSPS) is 10.9. The summed E-state index contributed by atoms with van der Waals surface area (Å²) in [7, 11) is 0. The van der Waals surface area contributed by atoms with Gasteiger partial charge >= 0.3 is 0 Å². The van der Waals surface area contributed by atoms with E-state index in [9.17, 15) is 0 Å². The van der Waals surface area contributed by atoms with Crippen molar-refractivity contribution in [1.29, 1.82) is 0 Å². The van der Waals surface area contributed by atoms with Crippen molar-refractivity contribution in [2.24, 2.45) is 0 Å². The Balaban J connectivity index is 2.21. The molecule has 0 saturated carbocycles. The lowest BCUT2D eigenvalue weighted by Crippen LogP contribution is -2.00. The average molecular weight is 287 g/mol. The molecule has 6 heteroatoms. The SMILES string of the molecule is Cc1nc(Cn2cc(Br)c(N)n2)sc1C. The fraction of sp³-hybridized carbons (Fsp3) is 0.333. The number of nitrogens with two attached hydrogens (primary N) is 1. The van der Waals surface area contributed by atoms with Crippen molar-refractivity contribution in [3.8, 4) is 0 Å². The first-order valence-corrected chi connectivity index (χ1v) is 6.08. The summed E-state index contributed by atoms with van der Waals surface area (Å²) < 4.78 is 2.62. The molecule has 80 valence electrons. The van der Waals surface area contributed by atoms with Crippen LogP contribution in [-0.4, -0.2) is 14.8 Å². The number of thiazole rings is 1. The summed E-state index contributed by atoms with van der Waals surface area (Å²) in [6.07, 6.45) is 1.86. The van der Waals surface area contributed by atoms with E-state index in [1.54, 1.807) is 16.0 Å². The third-order valence-corrected chi connectivity index (χ3v) is 3.78.